The van der Waals surface area contributed by atoms with Gasteiger partial charge in [-0.3, -0.25) is 9.48 Å². The van der Waals surface area contributed by atoms with Crippen LogP contribution >= 0.6 is 0 Å². The number of nitrogens with zero attached hydrogens (tertiary/aromatic N) is 5. The number of pyridine rings is 1. The van der Waals surface area contributed by atoms with Crippen molar-refractivity contribution in [3.8, 4) is 22.5 Å². The van der Waals surface area contributed by atoms with Crippen molar-refractivity contribution in [2.45, 2.75) is 106 Å². The minimum atomic E-state index is -0.746. The molecule has 2 unspecified atom stereocenters. The molecule has 10 nitrogen and oxygen atoms in total. The fraction of sp³-hybridized carbons (Fsp3) is 0.500. The van der Waals surface area contributed by atoms with Crippen molar-refractivity contribution in [1.82, 2.24) is 35.5 Å². The van der Waals surface area contributed by atoms with Crippen molar-refractivity contribution >= 4 is 23.0 Å². The van der Waals surface area contributed by atoms with Crippen molar-refractivity contribution in [3.05, 3.63) is 53.0 Å². The number of hydrogen-bond donors (Lipinski definition) is 3. The lowest BCUT2D eigenvalue weighted by Crippen LogP contribution is -2.41. The van der Waals surface area contributed by atoms with Crippen LogP contribution in [0.4, 0.5) is 0 Å². The predicted octanol–water partition coefficient (Wildman–Crippen LogP) is 6.90. The minimum Gasteiger partial charge on any atom is -0.390 e. The number of hydrogen-bond acceptors (Lipinski definition) is 7. The van der Waals surface area contributed by atoms with E-state index >= 15 is 0 Å². The van der Waals surface area contributed by atoms with Crippen LogP contribution in [0.5, 0.6) is 0 Å². The van der Waals surface area contributed by atoms with E-state index < -0.39 is 6.17 Å². The molecule has 1 aliphatic carbocycles. The fourth-order valence-corrected chi connectivity index (χ4v) is 6.07. The molecule has 44 heavy (non-hydrogen) atoms. The number of benzene rings is 1. The van der Waals surface area contributed by atoms with Crippen LogP contribution in [0, 0.1) is 19.3 Å². The zero-order valence-electron chi connectivity index (χ0n) is 27.5. The molecule has 4 aromatic rings. The topological polar surface area (TPSA) is 122 Å². The largest absolute Gasteiger partial charge is 0.390 e. The summed E-state index contributed by atoms with van der Waals surface area (Å²) >= 11 is 0. The maximum absolute atomic E-state index is 13.2. The van der Waals surface area contributed by atoms with Gasteiger partial charge in [-0.1, -0.05) is 59.2 Å². The van der Waals surface area contributed by atoms with Gasteiger partial charge < -0.3 is 15.1 Å². The van der Waals surface area contributed by atoms with Crippen molar-refractivity contribution in [1.29, 1.82) is 0 Å². The third-order valence-corrected chi connectivity index (χ3v) is 8.18. The zero-order valence-corrected chi connectivity index (χ0v) is 27.5. The van der Waals surface area contributed by atoms with Crippen molar-refractivity contribution in [2.24, 2.45) is 10.4 Å². The number of amides is 1. The Morgan fingerprint density at radius 3 is 2.59 bits per heavy atom. The summed E-state index contributed by atoms with van der Waals surface area (Å²) in [6.45, 7) is 18.4. The summed E-state index contributed by atoms with van der Waals surface area (Å²) in [5.74, 6) is 1.15. The molecule has 234 valence electrons. The highest BCUT2D eigenvalue weighted by Gasteiger charge is 2.33. The summed E-state index contributed by atoms with van der Waals surface area (Å²) in [6, 6.07) is 8.77. The van der Waals surface area contributed by atoms with E-state index in [1.54, 1.807) is 0 Å². The first-order valence-electron chi connectivity index (χ1n) is 15.9. The van der Waals surface area contributed by atoms with Crippen molar-refractivity contribution in [2.75, 3.05) is 0 Å². The van der Waals surface area contributed by atoms with Gasteiger partial charge in [-0.15, -0.1) is 5.48 Å². The molecular formula is C34H46N8O2. The smallest absolute Gasteiger partial charge is 0.263 e. The minimum absolute atomic E-state index is 0.0839. The summed E-state index contributed by atoms with van der Waals surface area (Å²) in [7, 11) is 0. The number of fused-ring (bicyclic) bond motifs is 2. The first-order chi connectivity index (χ1) is 21.0. The second kappa shape index (κ2) is 12.5. The lowest BCUT2D eigenvalue weighted by atomic mass is 9.94. The molecule has 1 aromatic carbocycles. The van der Waals surface area contributed by atoms with Gasteiger partial charge in [0.2, 0.25) is 12.1 Å². The molecule has 3 N–H and O–H groups in total. The number of carbonyl (C=O) groups excluding carboxylic acids is 1. The molecule has 3 aromatic heterocycles. The Labute approximate surface area is 260 Å². The van der Waals surface area contributed by atoms with Gasteiger partial charge in [-0.2, -0.15) is 5.10 Å². The normalized spacial score (nSPS) is 18.3. The molecule has 0 saturated carbocycles. The number of aromatic nitrogens is 5. The van der Waals surface area contributed by atoms with E-state index in [1.165, 1.54) is 5.56 Å². The molecule has 10 heteroatoms. The van der Waals surface area contributed by atoms with Crippen LogP contribution in [0.25, 0.3) is 33.7 Å². The van der Waals surface area contributed by atoms with E-state index in [0.29, 0.717) is 11.5 Å². The number of aliphatic imine (C=N–C) groups is 1. The maximum Gasteiger partial charge on any atom is 0.263 e. The highest BCUT2D eigenvalue weighted by atomic mass is 16.7. The van der Waals surface area contributed by atoms with E-state index in [1.807, 2.05) is 58.5 Å². The number of nitrogens with one attached hydrogen (secondary N) is 3. The molecule has 6 rings (SSSR count). The number of carbonyl (C=O) groups is 1. The molecule has 4 heterocycles. The van der Waals surface area contributed by atoms with Crippen LogP contribution in [0.15, 0.2) is 35.5 Å². The first kappa shape index (κ1) is 31.4. The van der Waals surface area contributed by atoms with Gasteiger partial charge in [0.25, 0.3) is 5.91 Å². The van der Waals surface area contributed by atoms with Gasteiger partial charge in [0.15, 0.2) is 5.65 Å². The molecule has 2 aliphatic rings. The summed E-state index contributed by atoms with van der Waals surface area (Å²) in [4.78, 5) is 36.2. The van der Waals surface area contributed by atoms with Crippen LogP contribution in [0.3, 0.4) is 0 Å². The van der Waals surface area contributed by atoms with Crippen molar-refractivity contribution < 1.29 is 9.63 Å². The standard InChI is InChI=1S/C32H40N8O2.C2H6/c1-17(2)40-19(4)25(18(3)38-40)27-35-26-23(14-15-33-28(26)36-27)21-12-13-22-20(16-21)10-8-9-11-24(22)34-30(41)29-37-31(42-39-29)32(5,6)7;1-2/h12-17,24,29,39H,8-11H2,1-7H3,(H,34,41)(H,33,35,36);1-2H3. The third kappa shape index (κ3) is 6.00. The van der Waals surface area contributed by atoms with Crippen LogP contribution < -0.4 is 10.8 Å². The number of imidazole rings is 1. The molecular weight excluding hydrogens is 552 g/mol. The monoisotopic (exact) mass is 598 g/mol. The van der Waals surface area contributed by atoms with E-state index in [9.17, 15) is 4.79 Å². The lowest BCUT2D eigenvalue weighted by molar-refractivity contribution is -0.125. The molecule has 2 atom stereocenters. The zero-order chi connectivity index (χ0) is 31.8. The predicted molar refractivity (Wildman–Crippen MR) is 175 cm³/mol. The van der Waals surface area contributed by atoms with E-state index in [-0.39, 0.29) is 23.4 Å². The average Bonchev–Trinajstić information content (AvgIpc) is 3.69. The Kier molecular flexibility index (Phi) is 8.92. The maximum atomic E-state index is 13.2. The Balaban J connectivity index is 0.00000188. The first-order valence-corrected chi connectivity index (χ1v) is 15.9. The molecule has 0 bridgehead atoms. The van der Waals surface area contributed by atoms with E-state index in [0.717, 1.165) is 70.7 Å². The summed E-state index contributed by atoms with van der Waals surface area (Å²) in [5.41, 5.74) is 11.7. The molecule has 0 fully saturated rings. The van der Waals surface area contributed by atoms with Crippen molar-refractivity contribution in [3.63, 3.8) is 0 Å². The number of rotatable bonds is 5. The Bertz CT molecular complexity index is 1690. The molecule has 0 radical (unpaired) electrons. The molecule has 0 saturated heterocycles. The summed E-state index contributed by atoms with van der Waals surface area (Å²) in [5, 5.41) is 7.99. The van der Waals surface area contributed by atoms with Gasteiger partial charge >= 0.3 is 0 Å². The molecule has 1 amide bonds. The van der Waals surface area contributed by atoms with Crippen LogP contribution in [-0.4, -0.2) is 42.7 Å². The highest BCUT2D eigenvalue weighted by molar-refractivity contribution is 5.92. The number of aromatic amines is 1. The van der Waals surface area contributed by atoms with E-state index in [2.05, 4.69) is 64.7 Å². The second-order valence-electron chi connectivity index (χ2n) is 12.8. The summed E-state index contributed by atoms with van der Waals surface area (Å²) in [6.07, 6.45) is 5.02. The van der Waals surface area contributed by atoms with E-state index in [4.69, 9.17) is 14.9 Å². The van der Waals surface area contributed by atoms with Gasteiger partial charge in [0.05, 0.1) is 22.8 Å². The van der Waals surface area contributed by atoms with Crippen LogP contribution in [0.1, 0.15) is 102 Å². The van der Waals surface area contributed by atoms with Gasteiger partial charge in [-0.05, 0) is 69.7 Å². The number of H-pyrrole nitrogens is 1. The Hall–Kier alpha value is -4.05. The van der Waals surface area contributed by atoms with Gasteiger partial charge in [0, 0.05) is 28.9 Å². The van der Waals surface area contributed by atoms with Gasteiger partial charge in [-0.25, -0.2) is 15.0 Å². The third-order valence-electron chi connectivity index (χ3n) is 8.18. The molecule has 1 aliphatic heterocycles. The van der Waals surface area contributed by atoms with Gasteiger partial charge in [0.1, 0.15) is 5.82 Å². The second-order valence-corrected chi connectivity index (χ2v) is 12.8. The lowest BCUT2D eigenvalue weighted by Gasteiger charge is -2.21. The quantitative estimate of drug-likeness (QED) is 0.215. The van der Waals surface area contributed by atoms with Crippen LogP contribution in [0.2, 0.25) is 0 Å². The highest BCUT2D eigenvalue weighted by Crippen LogP contribution is 2.36. The Morgan fingerprint density at radius 2 is 1.91 bits per heavy atom. The average molecular weight is 599 g/mol. The Morgan fingerprint density at radius 1 is 1.14 bits per heavy atom. The number of aryl methyl sites for hydroxylation is 2. The van der Waals surface area contributed by atoms with Crippen LogP contribution in [-0.2, 0) is 16.1 Å². The number of hydroxylamine groups is 1. The fourth-order valence-electron chi connectivity index (χ4n) is 6.07. The SMILES string of the molecule is CC.Cc1nn(C(C)C)c(C)c1-c1nc2nccc(-c3ccc4c(c3)CCCCC4NC(=O)C3N=C(C(C)(C)C)ON3)c2[nH]1. The summed E-state index contributed by atoms with van der Waals surface area (Å²) < 4.78 is 2.04. The molecule has 0 spiro atoms.